The van der Waals surface area contributed by atoms with Gasteiger partial charge in [0, 0.05) is 0 Å². The SMILES string of the molecule is O=C(Oc1c(F)c(F)c(F)c(F)c1F)C1CC1. The van der Waals surface area contributed by atoms with Gasteiger partial charge in [-0.3, -0.25) is 4.79 Å². The molecule has 1 aliphatic carbocycles. The summed E-state index contributed by atoms with van der Waals surface area (Å²) in [5.74, 6) is -13.9. The van der Waals surface area contributed by atoms with Gasteiger partial charge in [0.15, 0.2) is 0 Å². The molecule has 1 aliphatic rings. The van der Waals surface area contributed by atoms with Gasteiger partial charge >= 0.3 is 5.97 Å². The molecule has 0 spiro atoms. The van der Waals surface area contributed by atoms with Gasteiger partial charge in [0.2, 0.25) is 34.8 Å². The Morgan fingerprint density at radius 1 is 0.882 bits per heavy atom. The van der Waals surface area contributed by atoms with Crippen LogP contribution in [0.3, 0.4) is 0 Å². The van der Waals surface area contributed by atoms with Crippen LogP contribution in [-0.2, 0) is 4.79 Å². The smallest absolute Gasteiger partial charge is 0.314 e. The van der Waals surface area contributed by atoms with E-state index in [1.807, 2.05) is 0 Å². The molecule has 1 aromatic carbocycles. The van der Waals surface area contributed by atoms with E-state index in [0.29, 0.717) is 12.8 Å². The van der Waals surface area contributed by atoms with Gasteiger partial charge in [-0.15, -0.1) is 0 Å². The van der Waals surface area contributed by atoms with E-state index in [0.717, 1.165) is 0 Å². The molecule has 2 rings (SSSR count). The molecule has 0 aliphatic heterocycles. The minimum atomic E-state index is -2.29. The number of halogens is 5. The Balaban J connectivity index is 2.42. The summed E-state index contributed by atoms with van der Waals surface area (Å²) in [5, 5.41) is 0. The molecule has 1 saturated carbocycles. The Bertz CT molecular complexity index is 467. The molecule has 0 radical (unpaired) electrons. The molecule has 92 valence electrons. The third kappa shape index (κ3) is 1.96. The van der Waals surface area contributed by atoms with Crippen molar-refractivity contribution >= 4 is 5.97 Å². The van der Waals surface area contributed by atoms with Crippen molar-refractivity contribution in [3.05, 3.63) is 29.1 Å². The zero-order valence-electron chi connectivity index (χ0n) is 8.20. The predicted octanol–water partition coefficient (Wildman–Crippen LogP) is 2.70. The Morgan fingerprint density at radius 3 is 1.71 bits per heavy atom. The molecule has 1 fully saturated rings. The first-order chi connectivity index (χ1) is 7.93. The van der Waals surface area contributed by atoms with E-state index in [1.165, 1.54) is 0 Å². The van der Waals surface area contributed by atoms with E-state index < -0.39 is 46.7 Å². The number of hydrogen-bond acceptors (Lipinski definition) is 2. The Morgan fingerprint density at radius 2 is 1.29 bits per heavy atom. The van der Waals surface area contributed by atoms with Crippen LogP contribution < -0.4 is 4.74 Å². The van der Waals surface area contributed by atoms with Crippen molar-refractivity contribution in [3.63, 3.8) is 0 Å². The van der Waals surface area contributed by atoms with Gasteiger partial charge in [-0.25, -0.2) is 13.2 Å². The van der Waals surface area contributed by atoms with Crippen LogP contribution in [0.1, 0.15) is 12.8 Å². The number of ether oxygens (including phenoxy) is 1. The normalized spacial score (nSPS) is 14.9. The summed E-state index contributed by atoms with van der Waals surface area (Å²) in [6.45, 7) is 0. The highest BCUT2D eigenvalue weighted by molar-refractivity contribution is 5.77. The van der Waals surface area contributed by atoms with Crippen molar-refractivity contribution in [2.75, 3.05) is 0 Å². The highest BCUT2D eigenvalue weighted by Gasteiger charge is 2.35. The van der Waals surface area contributed by atoms with E-state index >= 15 is 0 Å². The fraction of sp³-hybridized carbons (Fsp3) is 0.300. The molecule has 0 unspecified atom stereocenters. The average Bonchev–Trinajstić information content (AvgIpc) is 3.13. The van der Waals surface area contributed by atoms with E-state index in [4.69, 9.17) is 0 Å². The maximum Gasteiger partial charge on any atom is 0.314 e. The fourth-order valence-electron chi connectivity index (χ4n) is 1.18. The van der Waals surface area contributed by atoms with Gasteiger partial charge in [-0.1, -0.05) is 0 Å². The van der Waals surface area contributed by atoms with Crippen LogP contribution in [0.15, 0.2) is 0 Å². The van der Waals surface area contributed by atoms with Crippen LogP contribution in [0.4, 0.5) is 22.0 Å². The summed E-state index contributed by atoms with van der Waals surface area (Å²) < 4.78 is 68.4. The lowest BCUT2D eigenvalue weighted by Crippen LogP contribution is -2.14. The predicted molar refractivity (Wildman–Crippen MR) is 44.6 cm³/mol. The van der Waals surface area contributed by atoms with Crippen LogP contribution in [0.5, 0.6) is 5.75 Å². The maximum absolute atomic E-state index is 13.0. The van der Waals surface area contributed by atoms with Crippen LogP contribution in [-0.4, -0.2) is 5.97 Å². The number of esters is 1. The fourth-order valence-corrected chi connectivity index (χ4v) is 1.18. The lowest BCUT2D eigenvalue weighted by Gasteiger charge is -2.08. The van der Waals surface area contributed by atoms with Crippen molar-refractivity contribution in [2.45, 2.75) is 12.8 Å². The van der Waals surface area contributed by atoms with Gasteiger partial charge in [-0.2, -0.15) is 8.78 Å². The first-order valence-corrected chi connectivity index (χ1v) is 4.66. The first-order valence-electron chi connectivity index (χ1n) is 4.66. The molecular weight excluding hydrogens is 247 g/mol. The number of hydrogen-bond donors (Lipinski definition) is 0. The Kier molecular flexibility index (Phi) is 2.76. The molecule has 0 aromatic heterocycles. The van der Waals surface area contributed by atoms with E-state index in [1.54, 1.807) is 0 Å². The molecule has 0 atom stereocenters. The highest BCUT2D eigenvalue weighted by Crippen LogP contribution is 2.34. The Hall–Kier alpha value is -1.66. The molecule has 0 heterocycles. The second-order valence-corrected chi connectivity index (χ2v) is 3.59. The van der Waals surface area contributed by atoms with Gasteiger partial charge in [0.05, 0.1) is 5.92 Å². The largest absolute Gasteiger partial charge is 0.420 e. The standard InChI is InChI=1S/C10H5F5O2/c11-4-5(12)7(14)9(8(15)6(4)13)17-10(16)3-1-2-3/h3H,1-2H2. The second kappa shape index (κ2) is 3.97. The van der Waals surface area contributed by atoms with Crippen LogP contribution in [0.25, 0.3) is 0 Å². The summed E-state index contributed by atoms with van der Waals surface area (Å²) in [5.41, 5.74) is 0. The summed E-state index contributed by atoms with van der Waals surface area (Å²) in [4.78, 5) is 11.1. The third-order valence-corrected chi connectivity index (χ3v) is 2.28. The van der Waals surface area contributed by atoms with Crippen molar-refractivity contribution in [1.82, 2.24) is 0 Å². The first kappa shape index (κ1) is 11.8. The summed E-state index contributed by atoms with van der Waals surface area (Å²) in [6, 6.07) is 0. The van der Waals surface area contributed by atoms with Crippen molar-refractivity contribution < 1.29 is 31.5 Å². The molecular formula is C10H5F5O2. The monoisotopic (exact) mass is 252 g/mol. The molecule has 0 saturated heterocycles. The maximum atomic E-state index is 13.0. The average molecular weight is 252 g/mol. The zero-order chi connectivity index (χ0) is 12.7. The van der Waals surface area contributed by atoms with E-state index in [9.17, 15) is 26.7 Å². The third-order valence-electron chi connectivity index (χ3n) is 2.28. The lowest BCUT2D eigenvalue weighted by molar-refractivity contribution is -0.136. The second-order valence-electron chi connectivity index (χ2n) is 3.59. The summed E-state index contributed by atoms with van der Waals surface area (Å²) >= 11 is 0. The number of carbonyl (C=O) groups excluding carboxylic acids is 1. The summed E-state index contributed by atoms with van der Waals surface area (Å²) in [7, 11) is 0. The molecule has 0 N–H and O–H groups in total. The number of benzene rings is 1. The lowest BCUT2D eigenvalue weighted by atomic mass is 10.2. The highest BCUT2D eigenvalue weighted by atomic mass is 19.2. The molecule has 7 heteroatoms. The van der Waals surface area contributed by atoms with Gasteiger partial charge in [0.1, 0.15) is 0 Å². The van der Waals surface area contributed by atoms with Gasteiger partial charge < -0.3 is 4.74 Å². The minimum absolute atomic E-state index is 0.480. The molecule has 2 nitrogen and oxygen atoms in total. The number of rotatable bonds is 2. The number of carbonyl (C=O) groups is 1. The van der Waals surface area contributed by atoms with Gasteiger partial charge in [-0.05, 0) is 12.8 Å². The van der Waals surface area contributed by atoms with E-state index in [-0.39, 0.29) is 0 Å². The van der Waals surface area contributed by atoms with Gasteiger partial charge in [0.25, 0.3) is 0 Å². The molecule has 0 amide bonds. The quantitative estimate of drug-likeness (QED) is 0.266. The topological polar surface area (TPSA) is 26.3 Å². The molecule has 17 heavy (non-hydrogen) atoms. The zero-order valence-corrected chi connectivity index (χ0v) is 8.20. The molecule has 0 bridgehead atoms. The Labute approximate surface area is 92.0 Å². The summed E-state index contributed by atoms with van der Waals surface area (Å²) in [6.07, 6.45) is 0.961. The van der Waals surface area contributed by atoms with Crippen LogP contribution in [0, 0.1) is 35.0 Å². The molecule has 1 aromatic rings. The van der Waals surface area contributed by atoms with Crippen molar-refractivity contribution in [2.24, 2.45) is 5.92 Å². The van der Waals surface area contributed by atoms with Crippen LogP contribution in [0.2, 0.25) is 0 Å². The minimum Gasteiger partial charge on any atom is -0.420 e. The van der Waals surface area contributed by atoms with E-state index in [2.05, 4.69) is 4.74 Å². The van der Waals surface area contributed by atoms with Crippen molar-refractivity contribution in [3.8, 4) is 5.75 Å². The van der Waals surface area contributed by atoms with Crippen molar-refractivity contribution in [1.29, 1.82) is 0 Å². The van der Waals surface area contributed by atoms with Crippen LogP contribution >= 0.6 is 0 Å².